The van der Waals surface area contributed by atoms with Gasteiger partial charge in [0, 0.05) is 32.0 Å². The van der Waals surface area contributed by atoms with Gasteiger partial charge >= 0.3 is 0 Å². The van der Waals surface area contributed by atoms with Gasteiger partial charge in [0.15, 0.2) is 11.5 Å². The van der Waals surface area contributed by atoms with E-state index < -0.39 is 0 Å². The number of carbonyl (C=O) groups is 1. The van der Waals surface area contributed by atoms with Crippen LogP contribution in [0, 0.1) is 0 Å². The summed E-state index contributed by atoms with van der Waals surface area (Å²) in [6.45, 7) is 0.508. The molecule has 0 aromatic carbocycles. The van der Waals surface area contributed by atoms with Crippen molar-refractivity contribution in [3.8, 4) is 0 Å². The Morgan fingerprint density at radius 1 is 1.31 bits per heavy atom. The number of aromatic nitrogens is 5. The molecule has 0 radical (unpaired) electrons. The third kappa shape index (κ3) is 3.77. The lowest BCUT2D eigenvalue weighted by Gasteiger charge is -2.25. The molecule has 2 heterocycles. The molecule has 0 unspecified atom stereocenters. The molecule has 9 heteroatoms. The first-order valence-corrected chi connectivity index (χ1v) is 9.35. The monoisotopic (exact) mass is 359 g/mol. The zero-order valence-corrected chi connectivity index (χ0v) is 15.0. The third-order valence-corrected chi connectivity index (χ3v) is 5.27. The Bertz CT molecular complexity index is 759. The zero-order chi connectivity index (χ0) is 18.1. The van der Waals surface area contributed by atoms with Crippen molar-refractivity contribution in [3.63, 3.8) is 0 Å². The van der Waals surface area contributed by atoms with Crippen LogP contribution in [-0.4, -0.2) is 55.6 Å². The maximum absolute atomic E-state index is 12.6. The molecule has 2 aromatic rings. The molecule has 2 fully saturated rings. The van der Waals surface area contributed by atoms with Crippen molar-refractivity contribution in [1.29, 1.82) is 0 Å². The van der Waals surface area contributed by atoms with E-state index in [2.05, 4.69) is 20.5 Å². The Kier molecular flexibility index (Phi) is 4.71. The molecular weight excluding hydrogens is 334 g/mol. The summed E-state index contributed by atoms with van der Waals surface area (Å²) in [5, 5.41) is 12.2. The molecule has 2 saturated carbocycles. The fraction of sp³-hybridized carbons (Fsp3) is 0.706. The van der Waals surface area contributed by atoms with Crippen molar-refractivity contribution >= 4 is 5.91 Å². The lowest BCUT2D eigenvalue weighted by molar-refractivity contribution is 0.0790. The second kappa shape index (κ2) is 7.14. The van der Waals surface area contributed by atoms with Crippen molar-refractivity contribution < 1.29 is 9.32 Å². The SMILES string of the molecule is CN(CCc1noc(C2CC2)n1)C(=O)c1cn(C2CCC(N)CC2)nn1. The highest BCUT2D eigenvalue weighted by Crippen LogP contribution is 2.38. The molecule has 0 aliphatic heterocycles. The van der Waals surface area contributed by atoms with Crippen LogP contribution in [0.1, 0.15) is 72.7 Å². The van der Waals surface area contributed by atoms with Crippen LogP contribution in [0.5, 0.6) is 0 Å². The molecular formula is C17H25N7O2. The molecule has 4 rings (SSSR count). The Hall–Kier alpha value is -2.29. The van der Waals surface area contributed by atoms with Crippen molar-refractivity contribution in [1.82, 2.24) is 30.0 Å². The Morgan fingerprint density at radius 2 is 2.08 bits per heavy atom. The molecule has 2 aliphatic carbocycles. The molecule has 1 amide bonds. The molecule has 0 bridgehead atoms. The van der Waals surface area contributed by atoms with Crippen LogP contribution in [0.2, 0.25) is 0 Å². The third-order valence-electron chi connectivity index (χ3n) is 5.27. The largest absolute Gasteiger partial charge is 0.340 e. The summed E-state index contributed by atoms with van der Waals surface area (Å²) >= 11 is 0. The maximum Gasteiger partial charge on any atom is 0.275 e. The molecule has 0 atom stereocenters. The van der Waals surface area contributed by atoms with Gasteiger partial charge in [0.2, 0.25) is 5.89 Å². The number of rotatable bonds is 6. The van der Waals surface area contributed by atoms with Gasteiger partial charge in [-0.05, 0) is 38.5 Å². The first-order chi connectivity index (χ1) is 12.6. The average Bonchev–Trinajstić information content (AvgIpc) is 3.19. The quantitative estimate of drug-likeness (QED) is 0.826. The van der Waals surface area contributed by atoms with Crippen LogP contribution in [-0.2, 0) is 6.42 Å². The van der Waals surface area contributed by atoms with Crippen LogP contribution < -0.4 is 5.73 Å². The minimum Gasteiger partial charge on any atom is -0.340 e. The van der Waals surface area contributed by atoms with Gasteiger partial charge in [-0.25, -0.2) is 4.68 Å². The smallest absolute Gasteiger partial charge is 0.275 e. The fourth-order valence-corrected chi connectivity index (χ4v) is 3.35. The van der Waals surface area contributed by atoms with Gasteiger partial charge in [-0.15, -0.1) is 5.10 Å². The number of amides is 1. The van der Waals surface area contributed by atoms with E-state index in [1.807, 2.05) is 4.68 Å². The van der Waals surface area contributed by atoms with Gasteiger partial charge in [-0.2, -0.15) is 4.98 Å². The molecule has 2 aliphatic rings. The molecule has 0 saturated heterocycles. The molecule has 9 nitrogen and oxygen atoms in total. The Morgan fingerprint density at radius 3 is 2.81 bits per heavy atom. The van der Waals surface area contributed by atoms with Gasteiger partial charge in [-0.1, -0.05) is 10.4 Å². The van der Waals surface area contributed by atoms with Gasteiger partial charge in [-0.3, -0.25) is 4.79 Å². The van der Waals surface area contributed by atoms with Gasteiger partial charge in [0.05, 0.1) is 12.2 Å². The molecule has 2 aromatic heterocycles. The zero-order valence-electron chi connectivity index (χ0n) is 15.0. The summed E-state index contributed by atoms with van der Waals surface area (Å²) in [4.78, 5) is 18.6. The van der Waals surface area contributed by atoms with E-state index in [-0.39, 0.29) is 18.0 Å². The molecule has 26 heavy (non-hydrogen) atoms. The molecule has 2 N–H and O–H groups in total. The first-order valence-electron chi connectivity index (χ1n) is 9.35. The van der Waals surface area contributed by atoms with E-state index in [0.29, 0.717) is 30.4 Å². The molecule has 0 spiro atoms. The second-order valence-electron chi connectivity index (χ2n) is 7.45. The van der Waals surface area contributed by atoms with Crippen LogP contribution in [0.15, 0.2) is 10.7 Å². The summed E-state index contributed by atoms with van der Waals surface area (Å²) in [6.07, 6.45) is 8.51. The fourth-order valence-electron chi connectivity index (χ4n) is 3.35. The summed E-state index contributed by atoms with van der Waals surface area (Å²) in [6, 6.07) is 0.571. The summed E-state index contributed by atoms with van der Waals surface area (Å²) in [5.74, 6) is 1.67. The normalized spacial score (nSPS) is 23.2. The highest BCUT2D eigenvalue weighted by Gasteiger charge is 2.29. The summed E-state index contributed by atoms with van der Waals surface area (Å²) in [7, 11) is 1.75. The van der Waals surface area contributed by atoms with Gasteiger partial charge < -0.3 is 15.2 Å². The summed E-state index contributed by atoms with van der Waals surface area (Å²) in [5.41, 5.74) is 6.32. The highest BCUT2D eigenvalue weighted by molar-refractivity contribution is 5.91. The van der Waals surface area contributed by atoms with Crippen LogP contribution in [0.25, 0.3) is 0 Å². The topological polar surface area (TPSA) is 116 Å². The standard InChI is InChI=1S/C17H25N7O2/c1-23(9-8-15-19-16(26-21-15)11-2-3-11)17(25)14-10-24(22-20-14)13-6-4-12(18)5-7-13/h10-13H,2-9,18H2,1H3. The van der Waals surface area contributed by atoms with Crippen LogP contribution >= 0.6 is 0 Å². The van der Waals surface area contributed by atoms with E-state index >= 15 is 0 Å². The van der Waals surface area contributed by atoms with Crippen molar-refractivity contribution in [3.05, 3.63) is 23.6 Å². The molecule has 140 valence electrons. The van der Waals surface area contributed by atoms with Crippen LogP contribution in [0.3, 0.4) is 0 Å². The first kappa shape index (κ1) is 17.1. The van der Waals surface area contributed by atoms with Crippen LogP contribution in [0.4, 0.5) is 0 Å². The van der Waals surface area contributed by atoms with E-state index in [9.17, 15) is 4.79 Å². The lowest BCUT2D eigenvalue weighted by atomic mass is 9.92. The van der Waals surface area contributed by atoms with Gasteiger partial charge in [0.25, 0.3) is 5.91 Å². The van der Waals surface area contributed by atoms with Crippen molar-refractivity contribution in [2.75, 3.05) is 13.6 Å². The minimum absolute atomic E-state index is 0.144. The van der Waals surface area contributed by atoms with Gasteiger partial charge in [0.1, 0.15) is 0 Å². The minimum atomic E-state index is -0.144. The Labute approximate surface area is 151 Å². The predicted molar refractivity (Wildman–Crippen MR) is 92.4 cm³/mol. The van der Waals surface area contributed by atoms with E-state index in [1.165, 1.54) is 0 Å². The number of likely N-dealkylation sites (N-methyl/N-ethyl adjacent to an activating group) is 1. The highest BCUT2D eigenvalue weighted by atomic mass is 16.5. The number of nitrogens with two attached hydrogens (primary N) is 1. The average molecular weight is 359 g/mol. The Balaban J connectivity index is 1.31. The summed E-state index contributed by atoms with van der Waals surface area (Å²) < 4.78 is 7.06. The number of hydrogen-bond donors (Lipinski definition) is 1. The van der Waals surface area contributed by atoms with E-state index in [0.717, 1.165) is 44.4 Å². The number of hydrogen-bond acceptors (Lipinski definition) is 7. The predicted octanol–water partition coefficient (Wildman–Crippen LogP) is 1.30. The van der Waals surface area contributed by atoms with Crippen molar-refractivity contribution in [2.24, 2.45) is 5.73 Å². The number of carbonyl (C=O) groups excluding carboxylic acids is 1. The maximum atomic E-state index is 12.6. The number of nitrogens with zero attached hydrogens (tertiary/aromatic N) is 6. The van der Waals surface area contributed by atoms with E-state index in [1.54, 1.807) is 18.1 Å². The lowest BCUT2D eigenvalue weighted by Crippen LogP contribution is -2.29. The second-order valence-corrected chi connectivity index (χ2v) is 7.45. The van der Waals surface area contributed by atoms with Crippen molar-refractivity contribution in [2.45, 2.75) is 62.9 Å². The van der Waals surface area contributed by atoms with E-state index in [4.69, 9.17) is 10.3 Å².